The first kappa shape index (κ1) is 16.3. The van der Waals surface area contributed by atoms with Crippen LogP contribution in [0.25, 0.3) is 0 Å². The second-order valence-electron chi connectivity index (χ2n) is 6.91. The molecular formula is C16H26N2O2S. The predicted octanol–water partition coefficient (Wildman–Crippen LogP) is 4.06. The van der Waals surface area contributed by atoms with Crippen molar-refractivity contribution in [2.24, 2.45) is 11.3 Å². The number of hydrogen-bond donors (Lipinski definition) is 1. The number of rotatable bonds is 3. The molecule has 1 aliphatic heterocycles. The van der Waals surface area contributed by atoms with E-state index in [1.54, 1.807) is 0 Å². The number of thiazole rings is 1. The molecule has 0 radical (unpaired) electrons. The van der Waals surface area contributed by atoms with Crippen molar-refractivity contribution in [1.82, 2.24) is 4.98 Å². The van der Waals surface area contributed by atoms with Gasteiger partial charge in [-0.3, -0.25) is 0 Å². The third kappa shape index (κ3) is 3.76. The maximum atomic E-state index is 11.3. The highest BCUT2D eigenvalue weighted by Gasteiger charge is 2.28. The Morgan fingerprint density at radius 3 is 2.62 bits per heavy atom. The third-order valence-corrected chi connectivity index (χ3v) is 5.58. The van der Waals surface area contributed by atoms with Crippen molar-refractivity contribution in [2.75, 3.05) is 18.0 Å². The summed E-state index contributed by atoms with van der Waals surface area (Å²) in [6.07, 6.45) is 4.24. The topological polar surface area (TPSA) is 53.4 Å². The Labute approximate surface area is 131 Å². The molecule has 1 aromatic rings. The normalized spacial score (nSPS) is 20.4. The minimum atomic E-state index is -0.849. The number of carboxylic acid groups (broad SMARTS) is 1. The highest BCUT2D eigenvalue weighted by Crippen LogP contribution is 2.36. The summed E-state index contributed by atoms with van der Waals surface area (Å²) in [6.45, 7) is 10.9. The third-order valence-electron chi connectivity index (χ3n) is 4.44. The van der Waals surface area contributed by atoms with Crippen LogP contribution in [0.5, 0.6) is 0 Å². The van der Waals surface area contributed by atoms with E-state index in [0.29, 0.717) is 16.7 Å². The minimum absolute atomic E-state index is 0.347. The van der Waals surface area contributed by atoms with E-state index in [0.717, 1.165) is 42.7 Å². The van der Waals surface area contributed by atoms with Gasteiger partial charge in [0, 0.05) is 13.1 Å². The van der Waals surface area contributed by atoms with Gasteiger partial charge in [-0.05, 0) is 37.0 Å². The van der Waals surface area contributed by atoms with Crippen LogP contribution in [0.15, 0.2) is 0 Å². The van der Waals surface area contributed by atoms with Crippen molar-refractivity contribution in [3.63, 3.8) is 0 Å². The first-order valence-corrected chi connectivity index (χ1v) is 8.62. The molecule has 4 nitrogen and oxygen atoms in total. The number of anilines is 1. The number of hydrogen-bond acceptors (Lipinski definition) is 4. The van der Waals surface area contributed by atoms with Crippen molar-refractivity contribution in [3.05, 3.63) is 10.6 Å². The standard InChI is InChI=1S/C16H26N2O2S/c1-5-12-13(14(19)20)21-15(17-12)18-9-6-7-11(8-10-18)16(2,3)4/h11H,5-10H2,1-4H3,(H,19,20). The number of carboxylic acids is 1. The summed E-state index contributed by atoms with van der Waals surface area (Å²) in [5.41, 5.74) is 1.07. The fraction of sp³-hybridized carbons (Fsp3) is 0.750. The first-order chi connectivity index (χ1) is 9.82. The van der Waals surface area contributed by atoms with Gasteiger partial charge in [0.1, 0.15) is 4.88 Å². The number of aromatic carboxylic acids is 1. The lowest BCUT2D eigenvalue weighted by Gasteiger charge is -2.29. The predicted molar refractivity (Wildman–Crippen MR) is 87.5 cm³/mol. The van der Waals surface area contributed by atoms with E-state index in [1.807, 2.05) is 6.92 Å². The van der Waals surface area contributed by atoms with E-state index in [-0.39, 0.29) is 0 Å². The molecule has 1 fully saturated rings. The highest BCUT2D eigenvalue weighted by molar-refractivity contribution is 7.17. The lowest BCUT2D eigenvalue weighted by Crippen LogP contribution is -2.26. The van der Waals surface area contributed by atoms with Gasteiger partial charge >= 0.3 is 5.97 Å². The van der Waals surface area contributed by atoms with E-state index in [2.05, 4.69) is 30.7 Å². The molecular weight excluding hydrogens is 284 g/mol. The van der Waals surface area contributed by atoms with Gasteiger partial charge in [0.25, 0.3) is 0 Å². The summed E-state index contributed by atoms with van der Waals surface area (Å²) in [7, 11) is 0. The summed E-state index contributed by atoms with van der Waals surface area (Å²) in [5, 5.41) is 10.2. The molecule has 1 atom stereocenters. The summed E-state index contributed by atoms with van der Waals surface area (Å²) in [6, 6.07) is 0. The largest absolute Gasteiger partial charge is 0.477 e. The van der Waals surface area contributed by atoms with Crippen LogP contribution in [-0.4, -0.2) is 29.1 Å². The van der Waals surface area contributed by atoms with E-state index in [9.17, 15) is 9.90 Å². The van der Waals surface area contributed by atoms with Gasteiger partial charge in [-0.1, -0.05) is 39.0 Å². The molecule has 0 amide bonds. The maximum absolute atomic E-state index is 11.3. The highest BCUT2D eigenvalue weighted by atomic mass is 32.1. The quantitative estimate of drug-likeness (QED) is 0.915. The van der Waals surface area contributed by atoms with Crippen LogP contribution < -0.4 is 4.90 Å². The zero-order valence-electron chi connectivity index (χ0n) is 13.5. The summed E-state index contributed by atoms with van der Waals surface area (Å²) in [4.78, 5) is 18.5. The molecule has 0 bridgehead atoms. The van der Waals surface area contributed by atoms with E-state index in [1.165, 1.54) is 17.8 Å². The van der Waals surface area contributed by atoms with Crippen molar-refractivity contribution in [3.8, 4) is 0 Å². The van der Waals surface area contributed by atoms with E-state index >= 15 is 0 Å². The van der Waals surface area contributed by atoms with Crippen molar-refractivity contribution >= 4 is 22.4 Å². The molecule has 0 aromatic carbocycles. The van der Waals surface area contributed by atoms with Crippen LogP contribution in [0.4, 0.5) is 5.13 Å². The molecule has 1 N–H and O–H groups in total. The van der Waals surface area contributed by atoms with Crippen molar-refractivity contribution in [2.45, 2.75) is 53.4 Å². The molecule has 21 heavy (non-hydrogen) atoms. The minimum Gasteiger partial charge on any atom is -0.477 e. The molecule has 0 spiro atoms. The molecule has 1 aliphatic rings. The van der Waals surface area contributed by atoms with E-state index in [4.69, 9.17) is 0 Å². The first-order valence-electron chi connectivity index (χ1n) is 7.81. The fourth-order valence-electron chi connectivity index (χ4n) is 3.03. The molecule has 2 rings (SSSR count). The molecule has 2 heterocycles. The van der Waals surface area contributed by atoms with Gasteiger partial charge in [0.05, 0.1) is 5.69 Å². The van der Waals surface area contributed by atoms with Gasteiger partial charge in [-0.25, -0.2) is 9.78 Å². The summed E-state index contributed by atoms with van der Waals surface area (Å²) >= 11 is 1.33. The zero-order valence-corrected chi connectivity index (χ0v) is 14.3. The van der Waals surface area contributed by atoms with Crippen LogP contribution in [0, 0.1) is 11.3 Å². The van der Waals surface area contributed by atoms with Crippen LogP contribution in [0.1, 0.15) is 62.3 Å². The van der Waals surface area contributed by atoms with Gasteiger partial charge in [-0.2, -0.15) is 0 Å². The maximum Gasteiger partial charge on any atom is 0.347 e. The Bertz CT molecular complexity index is 505. The molecule has 1 unspecified atom stereocenters. The smallest absolute Gasteiger partial charge is 0.347 e. The van der Waals surface area contributed by atoms with Crippen molar-refractivity contribution in [1.29, 1.82) is 0 Å². The monoisotopic (exact) mass is 310 g/mol. The van der Waals surface area contributed by atoms with Crippen LogP contribution in [0.3, 0.4) is 0 Å². The Kier molecular flexibility index (Phi) is 4.91. The van der Waals surface area contributed by atoms with Gasteiger partial charge < -0.3 is 10.0 Å². The summed E-state index contributed by atoms with van der Waals surface area (Å²) < 4.78 is 0. The van der Waals surface area contributed by atoms with Crippen LogP contribution >= 0.6 is 11.3 Å². The molecule has 0 aliphatic carbocycles. The molecule has 118 valence electrons. The summed E-state index contributed by atoms with van der Waals surface area (Å²) in [5.74, 6) is -0.120. The lowest BCUT2D eigenvalue weighted by molar-refractivity contribution is 0.0701. The fourth-order valence-corrected chi connectivity index (χ4v) is 4.08. The number of aromatic nitrogens is 1. The SMILES string of the molecule is CCc1nc(N2CCCC(C(C)(C)C)CC2)sc1C(=O)O. The molecule has 0 saturated carbocycles. The second kappa shape index (κ2) is 6.34. The number of carbonyl (C=O) groups is 1. The van der Waals surface area contributed by atoms with Gasteiger partial charge in [-0.15, -0.1) is 0 Å². The number of nitrogens with zero attached hydrogens (tertiary/aromatic N) is 2. The van der Waals surface area contributed by atoms with Crippen LogP contribution in [0.2, 0.25) is 0 Å². The van der Waals surface area contributed by atoms with Gasteiger partial charge in [0.15, 0.2) is 5.13 Å². The Hall–Kier alpha value is -1.10. The second-order valence-corrected chi connectivity index (χ2v) is 7.89. The Morgan fingerprint density at radius 2 is 2.10 bits per heavy atom. The van der Waals surface area contributed by atoms with Crippen molar-refractivity contribution < 1.29 is 9.90 Å². The number of aryl methyl sites for hydroxylation is 1. The van der Waals surface area contributed by atoms with Gasteiger partial charge in [0.2, 0.25) is 0 Å². The average molecular weight is 310 g/mol. The van der Waals surface area contributed by atoms with E-state index < -0.39 is 5.97 Å². The van der Waals surface area contributed by atoms with Crippen LogP contribution in [-0.2, 0) is 6.42 Å². The molecule has 1 aromatic heterocycles. The zero-order chi connectivity index (χ0) is 15.6. The Morgan fingerprint density at radius 1 is 1.38 bits per heavy atom. The molecule has 5 heteroatoms. The lowest BCUT2D eigenvalue weighted by atomic mass is 9.77. The molecule has 1 saturated heterocycles. The average Bonchev–Trinajstić information content (AvgIpc) is 2.67. The Balaban J connectivity index is 2.14.